The first-order valence-corrected chi connectivity index (χ1v) is 7.54. The Bertz CT molecular complexity index is 741. The van der Waals surface area contributed by atoms with Gasteiger partial charge in [-0.1, -0.05) is 18.2 Å². The van der Waals surface area contributed by atoms with Gasteiger partial charge in [0.25, 0.3) is 5.91 Å². The summed E-state index contributed by atoms with van der Waals surface area (Å²) < 4.78 is 14.0. The second-order valence-corrected chi connectivity index (χ2v) is 5.97. The van der Waals surface area contributed by atoms with E-state index in [0.29, 0.717) is 17.8 Å². The minimum absolute atomic E-state index is 0. The van der Waals surface area contributed by atoms with Crippen LogP contribution in [0.5, 0.6) is 0 Å². The number of nitrogens with one attached hydrogen (secondary N) is 3. The van der Waals surface area contributed by atoms with Crippen LogP contribution in [0.2, 0.25) is 0 Å². The molecule has 0 spiro atoms. The van der Waals surface area contributed by atoms with Crippen LogP contribution < -0.4 is 10.6 Å². The topological polar surface area (TPSA) is 69.8 Å². The average Bonchev–Trinajstić information content (AvgIpc) is 3.17. The minimum Gasteiger partial charge on any atom is -0.341 e. The number of H-pyrrole nitrogens is 1. The van der Waals surface area contributed by atoms with Crippen LogP contribution >= 0.6 is 12.4 Å². The van der Waals surface area contributed by atoms with Gasteiger partial charge in [0.15, 0.2) is 5.69 Å². The Balaban J connectivity index is 0.00000156. The minimum atomic E-state index is -0.573. The zero-order valence-electron chi connectivity index (χ0n) is 12.5. The molecular formula is C16H18ClFN4O. The third kappa shape index (κ3) is 2.72. The molecule has 7 heteroatoms. The third-order valence-corrected chi connectivity index (χ3v) is 4.51. The van der Waals surface area contributed by atoms with E-state index in [0.717, 1.165) is 37.1 Å². The number of carbonyl (C=O) groups excluding carboxylic acids is 1. The van der Waals surface area contributed by atoms with Gasteiger partial charge < -0.3 is 10.6 Å². The fourth-order valence-corrected chi connectivity index (χ4v) is 3.13. The van der Waals surface area contributed by atoms with Gasteiger partial charge in [-0.25, -0.2) is 4.39 Å². The number of halogens is 2. The van der Waals surface area contributed by atoms with Crippen molar-refractivity contribution >= 4 is 18.3 Å². The van der Waals surface area contributed by atoms with Crippen LogP contribution in [0.4, 0.5) is 4.39 Å². The number of rotatable bonds is 3. The number of fused-ring (bicyclic) bond motifs is 1. The molecule has 2 aromatic rings. The molecule has 122 valence electrons. The highest BCUT2D eigenvalue weighted by Gasteiger charge is 2.47. The lowest BCUT2D eigenvalue weighted by atomic mass is 10.0. The number of hydrogen-bond acceptors (Lipinski definition) is 3. The van der Waals surface area contributed by atoms with E-state index >= 15 is 0 Å². The summed E-state index contributed by atoms with van der Waals surface area (Å²) in [4.78, 5) is 12.6. The summed E-state index contributed by atoms with van der Waals surface area (Å²) in [5.41, 5.74) is 2.35. The lowest BCUT2D eigenvalue weighted by Crippen LogP contribution is -2.36. The quantitative estimate of drug-likeness (QED) is 0.803. The van der Waals surface area contributed by atoms with Crippen molar-refractivity contribution < 1.29 is 9.18 Å². The van der Waals surface area contributed by atoms with Gasteiger partial charge in [0.2, 0.25) is 0 Å². The van der Waals surface area contributed by atoms with Crippen molar-refractivity contribution in [1.29, 1.82) is 0 Å². The maximum Gasteiger partial charge on any atom is 0.272 e. The first kappa shape index (κ1) is 16.0. The number of aromatic amines is 1. The van der Waals surface area contributed by atoms with Gasteiger partial charge in [0, 0.05) is 36.3 Å². The zero-order valence-corrected chi connectivity index (χ0v) is 13.3. The molecule has 0 saturated heterocycles. The van der Waals surface area contributed by atoms with Gasteiger partial charge in [-0.05, 0) is 18.9 Å². The molecule has 23 heavy (non-hydrogen) atoms. The number of hydrogen-bond donors (Lipinski definition) is 3. The Labute approximate surface area is 139 Å². The van der Waals surface area contributed by atoms with Crippen LogP contribution in [0.15, 0.2) is 24.3 Å². The SMILES string of the molecule is Cl.O=C(NC1(c2ccccc2F)CC1)c1n[nH]c2c1CNCC2. The summed E-state index contributed by atoms with van der Waals surface area (Å²) in [6.45, 7) is 1.52. The largest absolute Gasteiger partial charge is 0.341 e. The van der Waals surface area contributed by atoms with Gasteiger partial charge in [-0.3, -0.25) is 9.89 Å². The summed E-state index contributed by atoms with van der Waals surface area (Å²) in [6.07, 6.45) is 2.35. The third-order valence-electron chi connectivity index (χ3n) is 4.51. The van der Waals surface area contributed by atoms with E-state index < -0.39 is 5.54 Å². The van der Waals surface area contributed by atoms with E-state index in [2.05, 4.69) is 20.8 Å². The Morgan fingerprint density at radius 1 is 1.30 bits per heavy atom. The second kappa shape index (κ2) is 5.94. The molecule has 2 heterocycles. The average molecular weight is 337 g/mol. The Hall–Kier alpha value is -1.92. The van der Waals surface area contributed by atoms with E-state index in [1.807, 2.05) is 0 Å². The molecule has 5 nitrogen and oxygen atoms in total. The molecule has 1 amide bonds. The van der Waals surface area contributed by atoms with Crippen LogP contribution in [0.1, 0.15) is 40.2 Å². The Morgan fingerprint density at radius 2 is 2.09 bits per heavy atom. The van der Waals surface area contributed by atoms with E-state index in [9.17, 15) is 9.18 Å². The van der Waals surface area contributed by atoms with E-state index in [4.69, 9.17) is 0 Å². The number of nitrogens with zero attached hydrogens (tertiary/aromatic N) is 1. The van der Waals surface area contributed by atoms with E-state index in [1.54, 1.807) is 18.2 Å². The van der Waals surface area contributed by atoms with Crippen molar-refractivity contribution in [3.63, 3.8) is 0 Å². The van der Waals surface area contributed by atoms with Crippen LogP contribution in [-0.4, -0.2) is 22.6 Å². The van der Waals surface area contributed by atoms with Crippen LogP contribution in [0.3, 0.4) is 0 Å². The number of aromatic nitrogens is 2. The predicted octanol–water partition coefficient (Wildman–Crippen LogP) is 2.04. The monoisotopic (exact) mass is 336 g/mol. The summed E-state index contributed by atoms with van der Waals surface area (Å²) in [5.74, 6) is -0.507. The zero-order chi connectivity index (χ0) is 15.2. The number of carbonyl (C=O) groups is 1. The summed E-state index contributed by atoms with van der Waals surface area (Å²) in [6, 6.07) is 6.63. The van der Waals surface area contributed by atoms with Crippen LogP contribution in [0, 0.1) is 5.82 Å². The second-order valence-electron chi connectivity index (χ2n) is 5.97. The van der Waals surface area contributed by atoms with Crippen molar-refractivity contribution in [2.24, 2.45) is 0 Å². The van der Waals surface area contributed by atoms with Gasteiger partial charge in [-0.15, -0.1) is 12.4 Å². The normalized spacial score (nSPS) is 17.8. The summed E-state index contributed by atoms with van der Waals surface area (Å²) >= 11 is 0. The molecule has 4 rings (SSSR count). The smallest absolute Gasteiger partial charge is 0.272 e. The predicted molar refractivity (Wildman–Crippen MR) is 86.0 cm³/mol. The molecule has 1 aliphatic carbocycles. The highest BCUT2D eigenvalue weighted by molar-refractivity contribution is 5.95. The van der Waals surface area contributed by atoms with Crippen molar-refractivity contribution in [2.45, 2.75) is 31.3 Å². The standard InChI is InChI=1S/C16H17FN4O.ClH/c17-12-4-2-1-3-11(12)16(6-7-16)19-15(22)14-10-9-18-8-5-13(10)20-21-14;/h1-4,18H,5-9H2,(H,19,22)(H,20,21);1H. The van der Waals surface area contributed by atoms with Gasteiger partial charge in [0.05, 0.1) is 5.54 Å². The fraction of sp³-hybridized carbons (Fsp3) is 0.375. The Kier molecular flexibility index (Phi) is 4.12. The molecule has 0 radical (unpaired) electrons. The molecule has 1 aromatic carbocycles. The number of amides is 1. The molecule has 1 aromatic heterocycles. The molecule has 1 aliphatic heterocycles. The molecule has 3 N–H and O–H groups in total. The lowest BCUT2D eigenvalue weighted by Gasteiger charge is -2.19. The van der Waals surface area contributed by atoms with Crippen molar-refractivity contribution in [3.8, 4) is 0 Å². The fourth-order valence-electron chi connectivity index (χ4n) is 3.13. The highest BCUT2D eigenvalue weighted by atomic mass is 35.5. The highest BCUT2D eigenvalue weighted by Crippen LogP contribution is 2.46. The van der Waals surface area contributed by atoms with Crippen LogP contribution in [0.25, 0.3) is 0 Å². The van der Waals surface area contributed by atoms with Crippen molar-refractivity contribution in [3.05, 3.63) is 52.6 Å². The van der Waals surface area contributed by atoms with Crippen LogP contribution in [-0.2, 0) is 18.5 Å². The van der Waals surface area contributed by atoms with Gasteiger partial charge in [0.1, 0.15) is 5.82 Å². The maximum atomic E-state index is 14.0. The van der Waals surface area contributed by atoms with Gasteiger partial charge in [-0.2, -0.15) is 5.10 Å². The molecule has 2 aliphatic rings. The van der Waals surface area contributed by atoms with Gasteiger partial charge >= 0.3 is 0 Å². The summed E-state index contributed by atoms with van der Waals surface area (Å²) in [7, 11) is 0. The lowest BCUT2D eigenvalue weighted by molar-refractivity contribution is 0.0924. The first-order chi connectivity index (χ1) is 10.7. The maximum absolute atomic E-state index is 14.0. The molecule has 0 unspecified atom stereocenters. The molecular weight excluding hydrogens is 319 g/mol. The van der Waals surface area contributed by atoms with Crippen molar-refractivity contribution in [2.75, 3.05) is 6.54 Å². The van der Waals surface area contributed by atoms with E-state index in [-0.39, 0.29) is 24.1 Å². The Morgan fingerprint density at radius 3 is 2.83 bits per heavy atom. The summed E-state index contributed by atoms with van der Waals surface area (Å²) in [5, 5.41) is 13.3. The van der Waals surface area contributed by atoms with Crippen molar-refractivity contribution in [1.82, 2.24) is 20.8 Å². The van der Waals surface area contributed by atoms with E-state index in [1.165, 1.54) is 6.07 Å². The first-order valence-electron chi connectivity index (χ1n) is 7.54. The molecule has 1 saturated carbocycles. The number of benzene rings is 1. The molecule has 0 bridgehead atoms. The molecule has 1 fully saturated rings. The molecule has 0 atom stereocenters.